The normalized spacial score (nSPS) is 11.4. The zero-order valence-corrected chi connectivity index (χ0v) is 10.8. The highest BCUT2D eigenvalue weighted by Crippen LogP contribution is 2.35. The third-order valence-corrected chi connectivity index (χ3v) is 2.63. The average molecular weight is 301 g/mol. The number of hydrogen-bond acceptors (Lipinski definition) is 5. The van der Waals surface area contributed by atoms with E-state index in [1.807, 2.05) is 0 Å². The van der Waals surface area contributed by atoms with E-state index < -0.39 is 22.4 Å². The van der Waals surface area contributed by atoms with Crippen molar-refractivity contribution >= 4 is 11.4 Å². The molecule has 0 aliphatic rings. The van der Waals surface area contributed by atoms with Gasteiger partial charge in [-0.25, -0.2) is 0 Å². The molecule has 0 amide bonds. The number of nitro groups is 1. The van der Waals surface area contributed by atoms with Gasteiger partial charge < -0.3 is 5.32 Å². The number of rotatable bonds is 4. The molecule has 0 saturated carbocycles. The first-order chi connectivity index (χ1) is 9.77. The molecule has 0 fully saturated rings. The zero-order valence-electron chi connectivity index (χ0n) is 10.8. The van der Waals surface area contributed by atoms with E-state index in [-0.39, 0.29) is 12.2 Å². The predicted molar refractivity (Wildman–Crippen MR) is 66.4 cm³/mol. The van der Waals surface area contributed by atoms with Crippen LogP contribution < -0.4 is 5.32 Å². The maximum absolute atomic E-state index is 12.6. The van der Waals surface area contributed by atoms with Crippen molar-refractivity contribution in [2.75, 3.05) is 5.32 Å². The second kappa shape index (κ2) is 5.38. The molecule has 1 heterocycles. The Balaban J connectivity index is 2.24. The molecule has 0 saturated heterocycles. The Morgan fingerprint density at radius 2 is 2.14 bits per heavy atom. The molecule has 0 spiro atoms. The van der Waals surface area contributed by atoms with Crippen LogP contribution in [0.25, 0.3) is 0 Å². The van der Waals surface area contributed by atoms with Crippen molar-refractivity contribution in [3.05, 3.63) is 45.8 Å². The molecule has 2 rings (SSSR count). The monoisotopic (exact) mass is 301 g/mol. The maximum Gasteiger partial charge on any atom is 0.416 e. The van der Waals surface area contributed by atoms with Gasteiger partial charge in [-0.2, -0.15) is 13.2 Å². The minimum absolute atomic E-state index is 0.0151. The Kier molecular flexibility index (Phi) is 3.78. The molecule has 10 heteroatoms. The third-order valence-electron chi connectivity index (χ3n) is 2.63. The van der Waals surface area contributed by atoms with Gasteiger partial charge >= 0.3 is 6.18 Å². The van der Waals surface area contributed by atoms with Crippen LogP contribution in [0.5, 0.6) is 0 Å². The molecule has 7 nitrogen and oxygen atoms in total. The van der Waals surface area contributed by atoms with Crippen LogP contribution in [0.3, 0.4) is 0 Å². The summed E-state index contributed by atoms with van der Waals surface area (Å²) in [6, 6.07) is 2.31. The lowest BCUT2D eigenvalue weighted by atomic mass is 10.1. The standard InChI is InChI=1S/C11H10F3N5O2/c1-18-6-8(16-17-18)5-15-9-3-2-7(11(12,13)14)4-10(9)19(20)21/h2-4,6,15H,5H2,1H3. The quantitative estimate of drug-likeness (QED) is 0.692. The van der Waals surface area contributed by atoms with Gasteiger partial charge in [-0.15, -0.1) is 5.10 Å². The molecule has 1 aromatic carbocycles. The summed E-state index contributed by atoms with van der Waals surface area (Å²) in [4.78, 5) is 10.0. The van der Waals surface area contributed by atoms with Crippen molar-refractivity contribution in [2.24, 2.45) is 7.05 Å². The smallest absolute Gasteiger partial charge is 0.374 e. The van der Waals surface area contributed by atoms with Crippen molar-refractivity contribution in [2.45, 2.75) is 12.7 Å². The second-order valence-electron chi connectivity index (χ2n) is 4.22. The fraction of sp³-hybridized carbons (Fsp3) is 0.273. The summed E-state index contributed by atoms with van der Waals surface area (Å²) in [7, 11) is 1.65. The van der Waals surface area contributed by atoms with E-state index in [1.165, 1.54) is 4.68 Å². The van der Waals surface area contributed by atoms with Gasteiger partial charge in [0.1, 0.15) is 11.4 Å². The minimum atomic E-state index is -4.63. The van der Waals surface area contributed by atoms with E-state index in [9.17, 15) is 23.3 Å². The fourth-order valence-corrected chi connectivity index (χ4v) is 1.67. The number of alkyl halides is 3. The number of nitrogens with zero attached hydrogens (tertiary/aromatic N) is 4. The molecule has 1 N–H and O–H groups in total. The van der Waals surface area contributed by atoms with E-state index in [0.717, 1.165) is 12.1 Å². The molecule has 112 valence electrons. The molecule has 0 atom stereocenters. The van der Waals surface area contributed by atoms with Crippen molar-refractivity contribution in [1.29, 1.82) is 0 Å². The molecule has 21 heavy (non-hydrogen) atoms. The van der Waals surface area contributed by atoms with Crippen LogP contribution in [-0.2, 0) is 19.8 Å². The fourth-order valence-electron chi connectivity index (χ4n) is 1.67. The van der Waals surface area contributed by atoms with Gasteiger partial charge in [-0.3, -0.25) is 14.8 Å². The first kappa shape index (κ1) is 14.8. The lowest BCUT2D eigenvalue weighted by Gasteiger charge is -2.09. The summed E-state index contributed by atoms with van der Waals surface area (Å²) >= 11 is 0. The Hall–Kier alpha value is -2.65. The Labute approximate surface area is 116 Å². The summed E-state index contributed by atoms with van der Waals surface area (Å²) in [6.07, 6.45) is -3.04. The van der Waals surface area contributed by atoms with Gasteiger partial charge in [0.05, 0.1) is 17.0 Å². The number of nitrogens with one attached hydrogen (secondary N) is 1. The largest absolute Gasteiger partial charge is 0.416 e. The number of nitro benzene ring substituents is 1. The van der Waals surface area contributed by atoms with Crippen LogP contribution in [0.2, 0.25) is 0 Å². The van der Waals surface area contributed by atoms with Gasteiger partial charge in [0.15, 0.2) is 0 Å². The van der Waals surface area contributed by atoms with Gasteiger partial charge in [0.2, 0.25) is 0 Å². The molecular weight excluding hydrogens is 291 g/mol. The van der Waals surface area contributed by atoms with E-state index in [2.05, 4.69) is 15.6 Å². The van der Waals surface area contributed by atoms with E-state index >= 15 is 0 Å². The summed E-state index contributed by atoms with van der Waals surface area (Å²) in [6.45, 7) is 0.111. The predicted octanol–water partition coefficient (Wildman–Crippen LogP) is 2.35. The highest BCUT2D eigenvalue weighted by Gasteiger charge is 2.33. The van der Waals surface area contributed by atoms with E-state index in [4.69, 9.17) is 0 Å². The molecule has 0 unspecified atom stereocenters. The number of benzene rings is 1. The molecule has 0 bridgehead atoms. The summed E-state index contributed by atoms with van der Waals surface area (Å²) in [5.41, 5.74) is -1.22. The summed E-state index contributed by atoms with van der Waals surface area (Å²) in [5, 5.41) is 21.0. The topological polar surface area (TPSA) is 85.9 Å². The van der Waals surface area contributed by atoms with Crippen LogP contribution in [0.4, 0.5) is 24.5 Å². The maximum atomic E-state index is 12.6. The van der Waals surface area contributed by atoms with Gasteiger partial charge in [0, 0.05) is 19.3 Å². The van der Waals surface area contributed by atoms with Gasteiger partial charge in [0.25, 0.3) is 5.69 Å². The first-order valence-electron chi connectivity index (χ1n) is 5.72. The number of aryl methyl sites for hydroxylation is 1. The average Bonchev–Trinajstić information content (AvgIpc) is 2.80. The molecular formula is C11H10F3N5O2. The van der Waals surface area contributed by atoms with Gasteiger partial charge in [-0.05, 0) is 12.1 Å². The molecule has 2 aromatic rings. The Morgan fingerprint density at radius 1 is 1.43 bits per heavy atom. The number of halogens is 3. The zero-order chi connectivity index (χ0) is 15.6. The molecule has 0 aliphatic heterocycles. The lowest BCUT2D eigenvalue weighted by molar-refractivity contribution is -0.384. The Bertz CT molecular complexity index is 668. The highest BCUT2D eigenvalue weighted by atomic mass is 19.4. The van der Waals surface area contributed by atoms with Crippen molar-refractivity contribution in [3.8, 4) is 0 Å². The van der Waals surface area contributed by atoms with E-state index in [1.54, 1.807) is 13.2 Å². The van der Waals surface area contributed by atoms with Crippen LogP contribution in [-0.4, -0.2) is 19.9 Å². The minimum Gasteiger partial charge on any atom is -0.374 e. The number of hydrogen-bond donors (Lipinski definition) is 1. The van der Waals surface area contributed by atoms with Gasteiger partial charge in [-0.1, -0.05) is 5.21 Å². The second-order valence-corrected chi connectivity index (χ2v) is 4.22. The lowest BCUT2D eigenvalue weighted by Crippen LogP contribution is -2.08. The van der Waals surface area contributed by atoms with Crippen molar-refractivity contribution < 1.29 is 18.1 Å². The number of anilines is 1. The highest BCUT2D eigenvalue weighted by molar-refractivity contribution is 5.62. The molecule has 0 radical (unpaired) electrons. The van der Waals surface area contributed by atoms with Crippen molar-refractivity contribution in [1.82, 2.24) is 15.0 Å². The van der Waals surface area contributed by atoms with E-state index in [0.29, 0.717) is 11.8 Å². The first-order valence-corrected chi connectivity index (χ1v) is 5.72. The summed E-state index contributed by atoms with van der Waals surface area (Å²) < 4.78 is 39.1. The van der Waals surface area contributed by atoms with Crippen LogP contribution in [0.15, 0.2) is 24.4 Å². The van der Waals surface area contributed by atoms with Crippen LogP contribution >= 0.6 is 0 Å². The third kappa shape index (κ3) is 3.46. The van der Waals surface area contributed by atoms with Crippen LogP contribution in [0, 0.1) is 10.1 Å². The molecule has 0 aliphatic carbocycles. The van der Waals surface area contributed by atoms with Crippen LogP contribution in [0.1, 0.15) is 11.3 Å². The Morgan fingerprint density at radius 3 is 2.67 bits per heavy atom. The SMILES string of the molecule is Cn1cc(CNc2ccc(C(F)(F)F)cc2[N+](=O)[O-])nn1. The number of aromatic nitrogens is 3. The molecule has 1 aromatic heterocycles. The summed E-state index contributed by atoms with van der Waals surface area (Å²) in [5.74, 6) is 0. The van der Waals surface area contributed by atoms with Crippen molar-refractivity contribution in [3.63, 3.8) is 0 Å².